The summed E-state index contributed by atoms with van der Waals surface area (Å²) < 4.78 is 13.5. The molecule has 1 atom stereocenters. The molecule has 1 unspecified atom stereocenters. The predicted octanol–water partition coefficient (Wildman–Crippen LogP) is 4.83. The molecule has 3 heteroatoms. The average Bonchev–Trinajstić information content (AvgIpc) is 2.48. The summed E-state index contributed by atoms with van der Waals surface area (Å²) >= 11 is 5.74. The third-order valence-electron chi connectivity index (χ3n) is 4.85. The first kappa shape index (κ1) is 15.8. The molecule has 1 N–H and O–H groups in total. The average molecular weight is 298 g/mol. The van der Waals surface area contributed by atoms with Gasteiger partial charge in [-0.15, -0.1) is 0 Å². The lowest BCUT2D eigenvalue weighted by Gasteiger charge is -2.33. The first-order valence-corrected chi connectivity index (χ1v) is 8.13. The Morgan fingerprint density at radius 1 is 1.30 bits per heavy atom. The maximum absolute atomic E-state index is 13.5. The van der Waals surface area contributed by atoms with Crippen molar-refractivity contribution in [3.63, 3.8) is 0 Å². The molecule has 0 heterocycles. The molecule has 1 aliphatic rings. The molecular weight excluding hydrogens is 273 g/mol. The Hall–Kier alpha value is -0.600. The van der Waals surface area contributed by atoms with Gasteiger partial charge >= 0.3 is 0 Å². The van der Waals surface area contributed by atoms with E-state index < -0.39 is 0 Å². The Balaban J connectivity index is 1.96. The smallest absolute Gasteiger partial charge is 0.142 e. The Kier molecular flexibility index (Phi) is 5.86. The summed E-state index contributed by atoms with van der Waals surface area (Å²) in [5.41, 5.74) is 1.03. The lowest BCUT2D eigenvalue weighted by Crippen LogP contribution is -2.37. The van der Waals surface area contributed by atoms with Crippen molar-refractivity contribution in [2.24, 2.45) is 11.8 Å². The Morgan fingerprint density at radius 3 is 2.55 bits per heavy atom. The van der Waals surface area contributed by atoms with Crippen LogP contribution in [0, 0.1) is 17.7 Å². The third-order valence-corrected chi connectivity index (χ3v) is 5.15. The maximum atomic E-state index is 13.5. The second kappa shape index (κ2) is 7.42. The van der Waals surface area contributed by atoms with Crippen LogP contribution in [0.4, 0.5) is 4.39 Å². The van der Waals surface area contributed by atoms with Crippen LogP contribution >= 0.6 is 11.6 Å². The normalized spacial score (nSPS) is 24.6. The van der Waals surface area contributed by atoms with E-state index >= 15 is 0 Å². The lowest BCUT2D eigenvalue weighted by molar-refractivity contribution is 0.222. The number of hydrogen-bond donors (Lipinski definition) is 1. The molecule has 2 rings (SSSR count). The Labute approximate surface area is 126 Å². The predicted molar refractivity (Wildman–Crippen MR) is 83.7 cm³/mol. The van der Waals surface area contributed by atoms with Crippen LogP contribution in [-0.2, 0) is 6.42 Å². The Bertz CT molecular complexity index is 427. The van der Waals surface area contributed by atoms with Crippen LogP contribution in [0.25, 0.3) is 0 Å². The van der Waals surface area contributed by atoms with E-state index in [2.05, 4.69) is 12.2 Å². The van der Waals surface area contributed by atoms with E-state index in [0.29, 0.717) is 12.0 Å². The number of nitrogens with one attached hydrogen (secondary N) is 1. The van der Waals surface area contributed by atoms with Crippen molar-refractivity contribution in [2.45, 2.75) is 51.5 Å². The summed E-state index contributed by atoms with van der Waals surface area (Å²) in [7, 11) is 2.02. The molecule has 1 aromatic carbocycles. The first-order valence-electron chi connectivity index (χ1n) is 7.75. The van der Waals surface area contributed by atoms with Gasteiger partial charge in [0.2, 0.25) is 0 Å². The molecule has 1 saturated carbocycles. The largest absolute Gasteiger partial charge is 0.316 e. The topological polar surface area (TPSA) is 12.0 Å². The van der Waals surface area contributed by atoms with Crippen molar-refractivity contribution in [1.29, 1.82) is 0 Å². The molecule has 0 aliphatic heterocycles. The van der Waals surface area contributed by atoms with Crippen LogP contribution in [0.5, 0.6) is 0 Å². The van der Waals surface area contributed by atoms with Gasteiger partial charge in [0.05, 0.1) is 5.02 Å². The fourth-order valence-electron chi connectivity index (χ4n) is 3.42. The Morgan fingerprint density at radius 2 is 2.00 bits per heavy atom. The standard InChI is InChI=1S/C17H25ClFN/c1-3-12-4-7-14(8-5-12)17(20-2)11-13-6-9-15(18)16(19)10-13/h6,9-10,12,14,17,20H,3-5,7-8,11H2,1-2H3. The zero-order chi connectivity index (χ0) is 14.5. The molecule has 0 saturated heterocycles. The van der Waals surface area contributed by atoms with Crippen LogP contribution < -0.4 is 5.32 Å². The monoisotopic (exact) mass is 297 g/mol. The second-order valence-electron chi connectivity index (χ2n) is 6.04. The van der Waals surface area contributed by atoms with Gasteiger partial charge in [-0.05, 0) is 55.8 Å². The summed E-state index contributed by atoms with van der Waals surface area (Å²) in [6.45, 7) is 2.29. The summed E-state index contributed by atoms with van der Waals surface area (Å²) in [6, 6.07) is 5.61. The molecule has 1 aromatic rings. The fraction of sp³-hybridized carbons (Fsp3) is 0.647. The van der Waals surface area contributed by atoms with Gasteiger partial charge in [0.25, 0.3) is 0 Å². The van der Waals surface area contributed by atoms with Crippen LogP contribution in [0.3, 0.4) is 0 Å². The van der Waals surface area contributed by atoms with Crippen LogP contribution in [-0.4, -0.2) is 13.1 Å². The molecule has 1 fully saturated rings. The van der Waals surface area contributed by atoms with Crippen LogP contribution in [0.1, 0.15) is 44.6 Å². The van der Waals surface area contributed by atoms with Crippen molar-refractivity contribution < 1.29 is 4.39 Å². The highest BCUT2D eigenvalue weighted by atomic mass is 35.5. The van der Waals surface area contributed by atoms with Crippen molar-refractivity contribution in [1.82, 2.24) is 5.32 Å². The van der Waals surface area contributed by atoms with Gasteiger partial charge in [-0.25, -0.2) is 4.39 Å². The van der Waals surface area contributed by atoms with Crippen LogP contribution in [0.2, 0.25) is 5.02 Å². The summed E-state index contributed by atoms with van der Waals surface area (Å²) in [6.07, 6.45) is 7.45. The highest BCUT2D eigenvalue weighted by molar-refractivity contribution is 6.30. The van der Waals surface area contributed by atoms with Gasteiger partial charge in [0.15, 0.2) is 0 Å². The minimum Gasteiger partial charge on any atom is -0.316 e. The van der Waals surface area contributed by atoms with E-state index in [0.717, 1.165) is 17.9 Å². The SMILES string of the molecule is CCC1CCC(C(Cc2ccc(Cl)c(F)c2)NC)CC1. The highest BCUT2D eigenvalue weighted by Crippen LogP contribution is 2.33. The van der Waals surface area contributed by atoms with E-state index in [1.165, 1.54) is 32.1 Å². The van der Waals surface area contributed by atoms with Gasteiger partial charge in [-0.2, -0.15) is 0 Å². The number of benzene rings is 1. The number of halogens is 2. The molecular formula is C17H25ClFN. The first-order chi connectivity index (χ1) is 9.63. The van der Waals surface area contributed by atoms with E-state index in [9.17, 15) is 4.39 Å². The third kappa shape index (κ3) is 3.95. The zero-order valence-corrected chi connectivity index (χ0v) is 13.2. The van der Waals surface area contributed by atoms with Crippen molar-refractivity contribution >= 4 is 11.6 Å². The van der Waals surface area contributed by atoms with E-state index in [-0.39, 0.29) is 10.8 Å². The highest BCUT2D eigenvalue weighted by Gasteiger charge is 2.26. The maximum Gasteiger partial charge on any atom is 0.142 e. The minimum absolute atomic E-state index is 0.207. The molecule has 0 bridgehead atoms. The van der Waals surface area contributed by atoms with Crippen molar-refractivity contribution in [3.8, 4) is 0 Å². The van der Waals surface area contributed by atoms with Gasteiger partial charge in [0, 0.05) is 6.04 Å². The summed E-state index contributed by atoms with van der Waals surface area (Å²) in [5.74, 6) is 1.31. The van der Waals surface area contributed by atoms with E-state index in [1.54, 1.807) is 12.1 Å². The second-order valence-corrected chi connectivity index (χ2v) is 6.44. The van der Waals surface area contributed by atoms with Crippen molar-refractivity contribution in [2.75, 3.05) is 7.05 Å². The molecule has 0 aromatic heterocycles. The van der Waals surface area contributed by atoms with Crippen molar-refractivity contribution in [3.05, 3.63) is 34.6 Å². The molecule has 0 radical (unpaired) electrons. The number of hydrogen-bond acceptors (Lipinski definition) is 1. The molecule has 20 heavy (non-hydrogen) atoms. The fourth-order valence-corrected chi connectivity index (χ4v) is 3.54. The van der Waals surface area contributed by atoms with Gasteiger partial charge in [-0.1, -0.05) is 43.9 Å². The lowest BCUT2D eigenvalue weighted by atomic mass is 9.76. The van der Waals surface area contributed by atoms with E-state index in [1.807, 2.05) is 13.1 Å². The summed E-state index contributed by atoms with van der Waals surface area (Å²) in [4.78, 5) is 0. The molecule has 112 valence electrons. The van der Waals surface area contributed by atoms with E-state index in [4.69, 9.17) is 11.6 Å². The van der Waals surface area contributed by atoms with Gasteiger partial charge in [-0.3, -0.25) is 0 Å². The van der Waals surface area contributed by atoms with Gasteiger partial charge in [0.1, 0.15) is 5.82 Å². The quantitative estimate of drug-likeness (QED) is 0.821. The molecule has 1 aliphatic carbocycles. The summed E-state index contributed by atoms with van der Waals surface area (Å²) in [5, 5.41) is 3.64. The zero-order valence-electron chi connectivity index (χ0n) is 12.5. The minimum atomic E-state index is -0.311. The van der Waals surface area contributed by atoms with Crippen LogP contribution in [0.15, 0.2) is 18.2 Å². The van der Waals surface area contributed by atoms with Gasteiger partial charge < -0.3 is 5.32 Å². The molecule has 0 amide bonds. The molecule has 1 nitrogen and oxygen atoms in total. The number of likely N-dealkylation sites (N-methyl/N-ethyl adjacent to an activating group) is 1. The number of rotatable bonds is 5. The molecule has 0 spiro atoms.